The fraction of sp³-hybridized carbons (Fsp3) is 0.400. The molecule has 0 aliphatic rings. The van der Waals surface area contributed by atoms with E-state index in [0.29, 0.717) is 50.9 Å². The number of aromatic nitrogens is 2. The Bertz CT molecular complexity index is 665. The maximum atomic E-state index is 11.2. The third kappa shape index (κ3) is 4.92. The molecule has 0 bridgehead atoms. The molecule has 0 saturated heterocycles. The molecule has 0 aliphatic heterocycles. The third-order valence-corrected chi connectivity index (χ3v) is 2.98. The zero-order valence-corrected chi connectivity index (χ0v) is 13.0. The van der Waals surface area contributed by atoms with Gasteiger partial charge in [-0.2, -0.15) is 5.26 Å². The number of ether oxygens (including phenoxy) is 3. The number of nitriles is 1. The minimum atomic E-state index is -0.186. The van der Waals surface area contributed by atoms with Gasteiger partial charge in [-0.25, -0.2) is 0 Å². The first kappa shape index (κ1) is 17.7. The van der Waals surface area contributed by atoms with Crippen molar-refractivity contribution in [3.63, 3.8) is 0 Å². The van der Waals surface area contributed by atoms with Gasteiger partial charge in [0.15, 0.2) is 6.07 Å². The number of nitrogens with zero attached hydrogens (tertiary/aromatic N) is 3. The van der Waals surface area contributed by atoms with Gasteiger partial charge in [0, 0.05) is 17.3 Å². The topological polar surface area (TPSA) is 130 Å². The molecule has 1 aromatic carbocycles. The van der Waals surface area contributed by atoms with Gasteiger partial charge in [0.05, 0.1) is 26.4 Å². The van der Waals surface area contributed by atoms with Crippen molar-refractivity contribution in [2.24, 2.45) is 5.73 Å². The summed E-state index contributed by atoms with van der Waals surface area (Å²) in [6.07, 6.45) is 0. The molecule has 0 spiro atoms. The van der Waals surface area contributed by atoms with Crippen LogP contribution in [-0.2, 0) is 9.47 Å². The highest BCUT2D eigenvalue weighted by Crippen LogP contribution is 2.22. The van der Waals surface area contributed by atoms with Crippen molar-refractivity contribution in [3.05, 3.63) is 35.2 Å². The van der Waals surface area contributed by atoms with Crippen molar-refractivity contribution in [2.75, 3.05) is 39.6 Å². The van der Waals surface area contributed by atoms with E-state index in [1.54, 1.807) is 30.3 Å². The predicted octanol–water partition coefficient (Wildman–Crippen LogP) is 0.217. The Labute approximate surface area is 138 Å². The van der Waals surface area contributed by atoms with Gasteiger partial charge in [-0.1, -0.05) is 0 Å². The molecule has 2 aromatic rings. The molecule has 0 saturated carbocycles. The second-order valence-electron chi connectivity index (χ2n) is 4.63. The lowest BCUT2D eigenvalue weighted by Gasteiger charge is -2.07. The van der Waals surface area contributed by atoms with E-state index < -0.39 is 0 Å². The van der Waals surface area contributed by atoms with Crippen molar-refractivity contribution in [1.82, 2.24) is 5.16 Å². The van der Waals surface area contributed by atoms with Crippen molar-refractivity contribution >= 4 is 0 Å². The van der Waals surface area contributed by atoms with Gasteiger partial charge in [-0.15, -0.1) is 0 Å². The summed E-state index contributed by atoms with van der Waals surface area (Å²) in [5, 5.41) is 23.7. The molecule has 0 atom stereocenters. The van der Waals surface area contributed by atoms with E-state index in [0.717, 1.165) is 0 Å². The van der Waals surface area contributed by atoms with Crippen LogP contribution in [0.2, 0.25) is 0 Å². The zero-order chi connectivity index (χ0) is 17.2. The molecule has 1 heterocycles. The first-order valence-corrected chi connectivity index (χ1v) is 7.35. The zero-order valence-electron chi connectivity index (χ0n) is 13.0. The van der Waals surface area contributed by atoms with Crippen LogP contribution in [0, 0.1) is 16.5 Å². The number of nitrogens with two attached hydrogens (primary N) is 1. The van der Waals surface area contributed by atoms with Crippen LogP contribution in [0.15, 0.2) is 28.9 Å². The van der Waals surface area contributed by atoms with E-state index in [4.69, 9.17) is 25.2 Å². The molecule has 0 radical (unpaired) electrons. The van der Waals surface area contributed by atoms with Gasteiger partial charge >= 0.3 is 5.69 Å². The van der Waals surface area contributed by atoms with E-state index >= 15 is 0 Å². The first-order chi connectivity index (χ1) is 11.8. The van der Waals surface area contributed by atoms with Crippen LogP contribution in [0.25, 0.3) is 11.3 Å². The molecular formula is C15H18N4O5. The van der Waals surface area contributed by atoms with Crippen LogP contribution < -0.4 is 15.4 Å². The van der Waals surface area contributed by atoms with E-state index in [9.17, 15) is 5.21 Å². The highest BCUT2D eigenvalue weighted by Gasteiger charge is 2.20. The average molecular weight is 334 g/mol. The fourth-order valence-corrected chi connectivity index (χ4v) is 1.86. The molecule has 0 fully saturated rings. The summed E-state index contributed by atoms with van der Waals surface area (Å²) in [6.45, 7) is 2.84. The SMILES string of the molecule is N#Cc1c(-c2ccc(OCCOCCOCCN)cc2)no[n+]1[O-]. The van der Waals surface area contributed by atoms with E-state index in [1.807, 2.05) is 0 Å². The number of hydrogen-bond donors (Lipinski definition) is 1. The fourth-order valence-electron chi connectivity index (χ4n) is 1.86. The second-order valence-corrected chi connectivity index (χ2v) is 4.63. The summed E-state index contributed by atoms with van der Waals surface area (Å²) in [4.78, 5) is 0.0777. The standard InChI is InChI=1S/C15H18N4O5/c16-5-6-21-7-8-22-9-10-23-13-3-1-12(2-4-13)15-14(11-17)19(20)24-18-15/h1-4H,5-10,16H2. The average Bonchev–Trinajstić information content (AvgIpc) is 2.98. The molecule has 0 unspecified atom stereocenters. The number of rotatable bonds is 10. The highest BCUT2D eigenvalue weighted by molar-refractivity contribution is 5.63. The molecule has 9 heteroatoms. The van der Waals surface area contributed by atoms with Gasteiger partial charge in [-0.3, -0.25) is 4.63 Å². The maximum Gasteiger partial charge on any atom is 0.302 e. The Balaban J connectivity index is 1.75. The quantitative estimate of drug-likeness (QED) is 0.482. The Morgan fingerprint density at radius 2 is 1.79 bits per heavy atom. The lowest BCUT2D eigenvalue weighted by atomic mass is 10.1. The van der Waals surface area contributed by atoms with Crippen LogP contribution >= 0.6 is 0 Å². The molecule has 24 heavy (non-hydrogen) atoms. The van der Waals surface area contributed by atoms with Crippen LogP contribution in [-0.4, -0.2) is 44.7 Å². The minimum Gasteiger partial charge on any atom is -0.491 e. The summed E-state index contributed by atoms with van der Waals surface area (Å²) >= 11 is 0. The molecule has 1 aromatic heterocycles. The summed E-state index contributed by atoms with van der Waals surface area (Å²) in [5.41, 5.74) is 5.89. The third-order valence-electron chi connectivity index (χ3n) is 2.98. The summed E-state index contributed by atoms with van der Waals surface area (Å²) < 4.78 is 20.5. The van der Waals surface area contributed by atoms with E-state index in [2.05, 4.69) is 9.79 Å². The van der Waals surface area contributed by atoms with Gasteiger partial charge in [0.25, 0.3) is 5.69 Å². The van der Waals surface area contributed by atoms with Crippen LogP contribution in [0.3, 0.4) is 0 Å². The van der Waals surface area contributed by atoms with Crippen LogP contribution in [0.1, 0.15) is 5.69 Å². The summed E-state index contributed by atoms with van der Waals surface area (Å²) in [6, 6.07) is 8.56. The molecule has 9 nitrogen and oxygen atoms in total. The number of benzene rings is 1. The van der Waals surface area contributed by atoms with Crippen molar-refractivity contribution < 1.29 is 23.7 Å². The summed E-state index contributed by atoms with van der Waals surface area (Å²) in [7, 11) is 0. The monoisotopic (exact) mass is 334 g/mol. The van der Waals surface area contributed by atoms with Gasteiger partial charge < -0.3 is 25.2 Å². The van der Waals surface area contributed by atoms with E-state index in [-0.39, 0.29) is 16.3 Å². The first-order valence-electron chi connectivity index (χ1n) is 7.35. The Morgan fingerprint density at radius 1 is 1.12 bits per heavy atom. The van der Waals surface area contributed by atoms with Crippen LogP contribution in [0.4, 0.5) is 0 Å². The molecule has 2 N–H and O–H groups in total. The largest absolute Gasteiger partial charge is 0.491 e. The van der Waals surface area contributed by atoms with Crippen LogP contribution in [0.5, 0.6) is 5.75 Å². The molecule has 2 rings (SSSR count). The maximum absolute atomic E-state index is 11.2. The molecule has 0 amide bonds. The molecule has 128 valence electrons. The second kappa shape index (κ2) is 9.46. The smallest absolute Gasteiger partial charge is 0.302 e. The van der Waals surface area contributed by atoms with Gasteiger partial charge in [0.2, 0.25) is 0 Å². The summed E-state index contributed by atoms with van der Waals surface area (Å²) in [5.74, 6) is 0.638. The van der Waals surface area contributed by atoms with Crippen molar-refractivity contribution in [3.8, 4) is 23.1 Å². The number of hydrogen-bond acceptors (Lipinski definition) is 8. The lowest BCUT2D eigenvalue weighted by Crippen LogP contribution is -2.26. The molecular weight excluding hydrogens is 316 g/mol. The predicted molar refractivity (Wildman–Crippen MR) is 81.8 cm³/mol. The Morgan fingerprint density at radius 3 is 2.46 bits per heavy atom. The van der Waals surface area contributed by atoms with Crippen molar-refractivity contribution in [2.45, 2.75) is 0 Å². The lowest BCUT2D eigenvalue weighted by molar-refractivity contribution is -0.804. The van der Waals surface area contributed by atoms with Crippen molar-refractivity contribution in [1.29, 1.82) is 5.26 Å². The van der Waals surface area contributed by atoms with Gasteiger partial charge in [0.1, 0.15) is 12.4 Å². The highest BCUT2D eigenvalue weighted by atomic mass is 16.8. The Kier molecular flexibility index (Phi) is 6.97. The van der Waals surface area contributed by atoms with E-state index in [1.165, 1.54) is 0 Å². The Hall–Kier alpha value is -2.67. The minimum absolute atomic E-state index is 0.0777. The van der Waals surface area contributed by atoms with Gasteiger partial charge in [-0.05, 0) is 29.2 Å². The molecule has 0 aliphatic carbocycles. The normalized spacial score (nSPS) is 10.5.